The first-order chi connectivity index (χ1) is 8.79. The van der Waals surface area contributed by atoms with Crippen LogP contribution in [0.15, 0.2) is 30.3 Å². The standard InChI is InChI=1S/C16H21BrO/c1-2-7-14-8-3-4-9-15(14)18-13-16(12-17)10-5-6-11-16/h2-4,7-9H,5-6,10-13H2,1H3. The van der Waals surface area contributed by atoms with Gasteiger partial charge in [0.2, 0.25) is 0 Å². The summed E-state index contributed by atoms with van der Waals surface area (Å²) in [5.74, 6) is 1.00. The smallest absolute Gasteiger partial charge is 0.126 e. The molecule has 1 aliphatic carbocycles. The van der Waals surface area contributed by atoms with Crippen molar-refractivity contribution >= 4 is 22.0 Å². The number of alkyl halides is 1. The van der Waals surface area contributed by atoms with E-state index in [4.69, 9.17) is 4.74 Å². The van der Waals surface area contributed by atoms with E-state index in [0.717, 1.165) is 17.7 Å². The van der Waals surface area contributed by atoms with Crippen molar-refractivity contribution in [1.82, 2.24) is 0 Å². The van der Waals surface area contributed by atoms with E-state index in [0.29, 0.717) is 5.41 Å². The van der Waals surface area contributed by atoms with Gasteiger partial charge in [-0.15, -0.1) is 0 Å². The van der Waals surface area contributed by atoms with E-state index in [9.17, 15) is 0 Å². The molecule has 1 aromatic carbocycles. The third kappa shape index (κ3) is 3.17. The van der Waals surface area contributed by atoms with Gasteiger partial charge in [-0.25, -0.2) is 0 Å². The molecule has 98 valence electrons. The van der Waals surface area contributed by atoms with E-state index in [-0.39, 0.29) is 0 Å². The van der Waals surface area contributed by atoms with Crippen molar-refractivity contribution in [2.45, 2.75) is 32.6 Å². The molecule has 0 N–H and O–H groups in total. The zero-order chi connectivity index (χ0) is 12.8. The molecule has 2 rings (SSSR count). The summed E-state index contributed by atoms with van der Waals surface area (Å²) in [6, 6.07) is 8.26. The summed E-state index contributed by atoms with van der Waals surface area (Å²) in [5, 5.41) is 1.05. The molecule has 0 saturated heterocycles. The van der Waals surface area contributed by atoms with Gasteiger partial charge in [-0.05, 0) is 25.8 Å². The first kappa shape index (κ1) is 13.7. The highest BCUT2D eigenvalue weighted by Gasteiger charge is 2.33. The lowest BCUT2D eigenvalue weighted by molar-refractivity contribution is 0.173. The molecule has 0 unspecified atom stereocenters. The van der Waals surface area contributed by atoms with Crippen LogP contribution >= 0.6 is 15.9 Å². The SMILES string of the molecule is CC=Cc1ccccc1OCC1(CBr)CCCC1. The molecule has 1 fully saturated rings. The highest BCUT2D eigenvalue weighted by molar-refractivity contribution is 9.09. The van der Waals surface area contributed by atoms with Crippen LogP contribution in [0.1, 0.15) is 38.2 Å². The molecule has 18 heavy (non-hydrogen) atoms. The Labute approximate surface area is 118 Å². The summed E-state index contributed by atoms with van der Waals surface area (Å²) in [6.07, 6.45) is 9.40. The lowest BCUT2D eigenvalue weighted by Gasteiger charge is -2.26. The molecule has 0 bridgehead atoms. The number of para-hydroxylation sites is 1. The van der Waals surface area contributed by atoms with Gasteiger partial charge in [0.05, 0.1) is 6.61 Å². The first-order valence-electron chi connectivity index (χ1n) is 6.70. The van der Waals surface area contributed by atoms with Crippen molar-refractivity contribution in [3.63, 3.8) is 0 Å². The van der Waals surface area contributed by atoms with Gasteiger partial charge in [0.25, 0.3) is 0 Å². The fraction of sp³-hybridized carbons (Fsp3) is 0.500. The maximum absolute atomic E-state index is 6.09. The van der Waals surface area contributed by atoms with Crippen LogP contribution in [0.3, 0.4) is 0 Å². The largest absolute Gasteiger partial charge is 0.492 e. The van der Waals surface area contributed by atoms with E-state index in [2.05, 4.69) is 46.3 Å². The van der Waals surface area contributed by atoms with Gasteiger partial charge in [0.15, 0.2) is 0 Å². The van der Waals surface area contributed by atoms with Gasteiger partial charge < -0.3 is 4.74 Å². The van der Waals surface area contributed by atoms with E-state index < -0.39 is 0 Å². The fourth-order valence-electron chi connectivity index (χ4n) is 2.60. The van der Waals surface area contributed by atoms with Crippen molar-refractivity contribution in [2.24, 2.45) is 5.41 Å². The lowest BCUT2D eigenvalue weighted by Crippen LogP contribution is -2.27. The first-order valence-corrected chi connectivity index (χ1v) is 7.82. The summed E-state index contributed by atoms with van der Waals surface area (Å²) in [4.78, 5) is 0. The van der Waals surface area contributed by atoms with Crippen LogP contribution in [0.25, 0.3) is 6.08 Å². The van der Waals surface area contributed by atoms with Gasteiger partial charge in [0.1, 0.15) is 5.75 Å². The van der Waals surface area contributed by atoms with Crippen molar-refractivity contribution in [3.8, 4) is 5.75 Å². The molecular weight excluding hydrogens is 288 g/mol. The van der Waals surface area contributed by atoms with E-state index in [1.807, 2.05) is 13.0 Å². The minimum absolute atomic E-state index is 0.350. The maximum Gasteiger partial charge on any atom is 0.126 e. The normalized spacial score (nSPS) is 18.3. The van der Waals surface area contributed by atoms with Crippen molar-refractivity contribution in [2.75, 3.05) is 11.9 Å². The van der Waals surface area contributed by atoms with Crippen LogP contribution in [0.5, 0.6) is 5.75 Å². The topological polar surface area (TPSA) is 9.23 Å². The Kier molecular flexibility index (Phi) is 4.87. The predicted molar refractivity (Wildman–Crippen MR) is 81.3 cm³/mol. The molecule has 1 nitrogen and oxygen atoms in total. The predicted octanol–water partition coefficient (Wildman–Crippen LogP) is 5.05. The van der Waals surface area contributed by atoms with Crippen LogP contribution in [-0.4, -0.2) is 11.9 Å². The summed E-state index contributed by atoms with van der Waals surface area (Å²) in [5.41, 5.74) is 1.52. The van der Waals surface area contributed by atoms with E-state index >= 15 is 0 Å². The quantitative estimate of drug-likeness (QED) is 0.691. The molecule has 0 spiro atoms. The number of halogens is 1. The van der Waals surface area contributed by atoms with Crippen LogP contribution in [0.2, 0.25) is 0 Å². The molecule has 0 radical (unpaired) electrons. The van der Waals surface area contributed by atoms with Crippen molar-refractivity contribution < 1.29 is 4.74 Å². The maximum atomic E-state index is 6.09. The minimum Gasteiger partial charge on any atom is -0.492 e. The third-order valence-corrected chi connectivity index (χ3v) is 4.94. The van der Waals surface area contributed by atoms with Crippen LogP contribution in [0.4, 0.5) is 0 Å². The van der Waals surface area contributed by atoms with Crippen molar-refractivity contribution in [3.05, 3.63) is 35.9 Å². The molecule has 0 aromatic heterocycles. The number of hydrogen-bond acceptors (Lipinski definition) is 1. The Morgan fingerprint density at radius 3 is 2.67 bits per heavy atom. The molecule has 1 aliphatic rings. The highest BCUT2D eigenvalue weighted by atomic mass is 79.9. The average molecular weight is 309 g/mol. The van der Waals surface area contributed by atoms with Gasteiger partial charge >= 0.3 is 0 Å². The monoisotopic (exact) mass is 308 g/mol. The van der Waals surface area contributed by atoms with Crippen LogP contribution in [-0.2, 0) is 0 Å². The molecule has 0 heterocycles. The second kappa shape index (κ2) is 6.42. The summed E-state index contributed by atoms with van der Waals surface area (Å²) >= 11 is 3.66. The summed E-state index contributed by atoms with van der Waals surface area (Å²) in [6.45, 7) is 2.86. The van der Waals surface area contributed by atoms with E-state index in [1.54, 1.807) is 0 Å². The number of benzene rings is 1. The van der Waals surface area contributed by atoms with E-state index in [1.165, 1.54) is 31.2 Å². The Morgan fingerprint density at radius 2 is 2.00 bits per heavy atom. The Balaban J connectivity index is 2.05. The zero-order valence-electron chi connectivity index (χ0n) is 11.0. The molecule has 1 saturated carbocycles. The van der Waals surface area contributed by atoms with Crippen molar-refractivity contribution in [1.29, 1.82) is 0 Å². The average Bonchev–Trinajstić information content (AvgIpc) is 2.88. The van der Waals surface area contributed by atoms with Crippen LogP contribution in [0, 0.1) is 5.41 Å². The number of rotatable bonds is 5. The molecular formula is C16H21BrO. The van der Waals surface area contributed by atoms with Gasteiger partial charge in [-0.1, -0.05) is 59.1 Å². The van der Waals surface area contributed by atoms with Gasteiger partial charge in [-0.3, -0.25) is 0 Å². The second-order valence-corrected chi connectivity index (χ2v) is 5.73. The molecule has 0 amide bonds. The lowest BCUT2D eigenvalue weighted by atomic mass is 9.90. The molecule has 0 aliphatic heterocycles. The molecule has 0 atom stereocenters. The Hall–Kier alpha value is -0.760. The van der Waals surface area contributed by atoms with Gasteiger partial charge in [-0.2, -0.15) is 0 Å². The zero-order valence-corrected chi connectivity index (χ0v) is 12.6. The highest BCUT2D eigenvalue weighted by Crippen LogP contribution is 2.40. The molecule has 2 heteroatoms. The molecule has 1 aromatic rings. The minimum atomic E-state index is 0.350. The third-order valence-electron chi connectivity index (χ3n) is 3.75. The Morgan fingerprint density at radius 1 is 1.28 bits per heavy atom. The number of allylic oxidation sites excluding steroid dienone is 1. The summed E-state index contributed by atoms with van der Waals surface area (Å²) < 4.78 is 6.09. The van der Waals surface area contributed by atoms with Crippen LogP contribution < -0.4 is 4.74 Å². The second-order valence-electron chi connectivity index (χ2n) is 5.17. The van der Waals surface area contributed by atoms with Gasteiger partial charge in [0, 0.05) is 16.3 Å². The summed E-state index contributed by atoms with van der Waals surface area (Å²) in [7, 11) is 0. The fourth-order valence-corrected chi connectivity index (χ4v) is 3.32. The Bertz CT molecular complexity index is 405. The number of hydrogen-bond donors (Lipinski definition) is 0. The number of ether oxygens (including phenoxy) is 1.